The Morgan fingerprint density at radius 1 is 1.35 bits per heavy atom. The first-order chi connectivity index (χ1) is 8.15. The van der Waals surface area contributed by atoms with Gasteiger partial charge in [0.05, 0.1) is 6.61 Å². The molecular weight excluding hydrogens is 216 g/mol. The molecule has 0 aliphatic heterocycles. The largest absolute Gasteiger partial charge is 0.493 e. The Balaban J connectivity index is 2.19. The van der Waals surface area contributed by atoms with Crippen LogP contribution in [0.25, 0.3) is 11.0 Å². The first-order valence-electron chi connectivity index (χ1n) is 5.46. The summed E-state index contributed by atoms with van der Waals surface area (Å²) in [6.07, 6.45) is 0.816. The van der Waals surface area contributed by atoms with Crippen LogP contribution < -0.4 is 10.4 Å². The summed E-state index contributed by atoms with van der Waals surface area (Å²) in [6, 6.07) is 8.60. The number of hydrogen-bond donors (Lipinski definition) is 0. The summed E-state index contributed by atoms with van der Waals surface area (Å²) in [5.41, 5.74) is 1.28. The van der Waals surface area contributed by atoms with Crippen LogP contribution in [-0.4, -0.2) is 6.61 Å². The summed E-state index contributed by atoms with van der Waals surface area (Å²) in [6.45, 7) is 6.35. The summed E-state index contributed by atoms with van der Waals surface area (Å²) in [7, 11) is 0. The number of rotatable bonds is 4. The molecule has 1 aromatic carbocycles. The summed E-state index contributed by atoms with van der Waals surface area (Å²) in [5, 5.41) is 0.886. The van der Waals surface area contributed by atoms with Crippen molar-refractivity contribution in [3.63, 3.8) is 0 Å². The summed E-state index contributed by atoms with van der Waals surface area (Å²) < 4.78 is 10.6. The number of benzene rings is 1. The van der Waals surface area contributed by atoms with Crippen molar-refractivity contribution in [2.24, 2.45) is 0 Å². The van der Waals surface area contributed by atoms with E-state index in [9.17, 15) is 4.79 Å². The minimum atomic E-state index is -0.350. The van der Waals surface area contributed by atoms with E-state index in [4.69, 9.17) is 9.15 Å². The third-order valence-corrected chi connectivity index (χ3v) is 2.39. The molecule has 0 aliphatic carbocycles. The van der Waals surface area contributed by atoms with E-state index in [-0.39, 0.29) is 5.63 Å². The molecule has 0 fully saturated rings. The minimum absolute atomic E-state index is 0.350. The lowest BCUT2D eigenvalue weighted by molar-refractivity contribution is 0.321. The van der Waals surface area contributed by atoms with Gasteiger partial charge in [0.1, 0.15) is 11.3 Å². The maximum atomic E-state index is 11.1. The fraction of sp³-hybridized carbons (Fsp3) is 0.214. The van der Waals surface area contributed by atoms with E-state index in [2.05, 4.69) is 6.58 Å². The number of fused-ring (bicyclic) bond motifs is 1. The van der Waals surface area contributed by atoms with Gasteiger partial charge in [0, 0.05) is 23.9 Å². The van der Waals surface area contributed by atoms with Crippen LogP contribution in [0.3, 0.4) is 0 Å². The molecule has 3 heteroatoms. The lowest BCUT2D eigenvalue weighted by Crippen LogP contribution is -1.98. The molecule has 0 unspecified atom stereocenters. The number of hydrogen-bond acceptors (Lipinski definition) is 3. The van der Waals surface area contributed by atoms with Crippen LogP contribution in [0.4, 0.5) is 0 Å². The van der Waals surface area contributed by atoms with Crippen LogP contribution >= 0.6 is 0 Å². The molecule has 1 heterocycles. The molecule has 88 valence electrons. The maximum absolute atomic E-state index is 11.1. The highest BCUT2D eigenvalue weighted by Gasteiger charge is 2.00. The average molecular weight is 230 g/mol. The van der Waals surface area contributed by atoms with Crippen molar-refractivity contribution in [3.05, 3.63) is 52.9 Å². The van der Waals surface area contributed by atoms with Crippen LogP contribution in [-0.2, 0) is 0 Å². The Bertz CT molecular complexity index is 596. The molecule has 0 amide bonds. The first kappa shape index (κ1) is 11.5. The van der Waals surface area contributed by atoms with E-state index in [0.717, 1.165) is 17.4 Å². The fourth-order valence-corrected chi connectivity index (χ4v) is 1.47. The Kier molecular flexibility index (Phi) is 3.28. The molecule has 0 N–H and O–H groups in total. The fourth-order valence-electron chi connectivity index (χ4n) is 1.47. The van der Waals surface area contributed by atoms with Crippen molar-refractivity contribution in [1.29, 1.82) is 0 Å². The Morgan fingerprint density at radius 3 is 2.88 bits per heavy atom. The van der Waals surface area contributed by atoms with Gasteiger partial charge in [-0.2, -0.15) is 0 Å². The van der Waals surface area contributed by atoms with Gasteiger partial charge >= 0.3 is 5.63 Å². The zero-order valence-corrected chi connectivity index (χ0v) is 9.73. The smallest absolute Gasteiger partial charge is 0.336 e. The monoisotopic (exact) mass is 230 g/mol. The molecule has 2 rings (SSSR count). The standard InChI is InChI=1S/C14H14O3/c1-10(2)7-8-16-12-5-3-11-4-6-14(15)17-13(11)9-12/h3-6,9H,1,7-8H2,2H3. The lowest BCUT2D eigenvalue weighted by Gasteiger charge is -2.06. The van der Waals surface area contributed by atoms with Gasteiger partial charge in [0.15, 0.2) is 0 Å². The van der Waals surface area contributed by atoms with Crippen molar-refractivity contribution >= 4 is 11.0 Å². The van der Waals surface area contributed by atoms with Crippen LogP contribution in [0.5, 0.6) is 5.75 Å². The maximum Gasteiger partial charge on any atom is 0.336 e. The van der Waals surface area contributed by atoms with Crippen molar-refractivity contribution in [2.45, 2.75) is 13.3 Å². The summed E-state index contributed by atoms with van der Waals surface area (Å²) >= 11 is 0. The van der Waals surface area contributed by atoms with Crippen molar-refractivity contribution in [1.82, 2.24) is 0 Å². The van der Waals surface area contributed by atoms with E-state index in [1.54, 1.807) is 12.1 Å². The Labute approximate surface area is 99.3 Å². The second kappa shape index (κ2) is 4.87. The number of ether oxygens (including phenoxy) is 1. The summed E-state index contributed by atoms with van der Waals surface area (Å²) in [5.74, 6) is 0.702. The molecule has 17 heavy (non-hydrogen) atoms. The zero-order chi connectivity index (χ0) is 12.3. The summed E-state index contributed by atoms with van der Waals surface area (Å²) in [4.78, 5) is 11.1. The van der Waals surface area contributed by atoms with E-state index in [1.807, 2.05) is 19.1 Å². The van der Waals surface area contributed by atoms with Gasteiger partial charge in [-0.05, 0) is 25.1 Å². The third-order valence-electron chi connectivity index (χ3n) is 2.39. The third kappa shape index (κ3) is 2.97. The Hall–Kier alpha value is -2.03. The second-order valence-corrected chi connectivity index (χ2v) is 4.01. The van der Waals surface area contributed by atoms with E-state index in [1.165, 1.54) is 6.07 Å². The van der Waals surface area contributed by atoms with E-state index in [0.29, 0.717) is 17.9 Å². The van der Waals surface area contributed by atoms with Gasteiger partial charge in [0.25, 0.3) is 0 Å². The van der Waals surface area contributed by atoms with Gasteiger partial charge in [-0.25, -0.2) is 4.79 Å². The lowest BCUT2D eigenvalue weighted by atomic mass is 10.2. The molecule has 0 spiro atoms. The molecule has 0 atom stereocenters. The second-order valence-electron chi connectivity index (χ2n) is 4.01. The van der Waals surface area contributed by atoms with Crippen LogP contribution in [0.2, 0.25) is 0 Å². The van der Waals surface area contributed by atoms with Crippen molar-refractivity contribution in [3.8, 4) is 5.75 Å². The quantitative estimate of drug-likeness (QED) is 0.598. The predicted octanol–water partition coefficient (Wildman–Crippen LogP) is 3.14. The minimum Gasteiger partial charge on any atom is -0.493 e. The first-order valence-corrected chi connectivity index (χ1v) is 5.46. The predicted molar refractivity (Wildman–Crippen MR) is 67.4 cm³/mol. The molecule has 3 nitrogen and oxygen atoms in total. The molecule has 0 bridgehead atoms. The molecule has 0 aliphatic rings. The molecule has 0 radical (unpaired) electrons. The topological polar surface area (TPSA) is 39.4 Å². The van der Waals surface area contributed by atoms with Gasteiger partial charge in [-0.1, -0.05) is 5.57 Å². The van der Waals surface area contributed by atoms with Gasteiger partial charge < -0.3 is 9.15 Å². The Morgan fingerprint density at radius 2 is 2.12 bits per heavy atom. The molecule has 0 saturated carbocycles. The van der Waals surface area contributed by atoms with Crippen molar-refractivity contribution < 1.29 is 9.15 Å². The molecule has 2 aromatic rings. The SMILES string of the molecule is C=C(C)CCOc1ccc2ccc(=O)oc2c1. The average Bonchev–Trinajstić information content (AvgIpc) is 2.28. The van der Waals surface area contributed by atoms with Crippen molar-refractivity contribution in [2.75, 3.05) is 6.61 Å². The highest BCUT2D eigenvalue weighted by atomic mass is 16.5. The molecule has 1 aromatic heterocycles. The van der Waals surface area contributed by atoms with E-state index < -0.39 is 0 Å². The van der Waals surface area contributed by atoms with Crippen LogP contribution in [0.1, 0.15) is 13.3 Å². The highest BCUT2D eigenvalue weighted by Crippen LogP contribution is 2.19. The molecular formula is C14H14O3. The highest BCUT2D eigenvalue weighted by molar-refractivity contribution is 5.77. The van der Waals surface area contributed by atoms with Crippen LogP contribution in [0, 0.1) is 0 Å². The van der Waals surface area contributed by atoms with Gasteiger partial charge in [-0.15, -0.1) is 6.58 Å². The van der Waals surface area contributed by atoms with Gasteiger partial charge in [-0.3, -0.25) is 0 Å². The van der Waals surface area contributed by atoms with Crippen LogP contribution in [0.15, 0.2) is 51.7 Å². The zero-order valence-electron chi connectivity index (χ0n) is 9.73. The van der Waals surface area contributed by atoms with Gasteiger partial charge in [0.2, 0.25) is 0 Å². The molecule has 0 saturated heterocycles. The van der Waals surface area contributed by atoms with E-state index >= 15 is 0 Å². The normalized spacial score (nSPS) is 10.4.